The number of likely N-dealkylation sites (N-methyl/N-ethyl adjacent to an activating group) is 1. The zero-order valence-electron chi connectivity index (χ0n) is 12.2. The first-order chi connectivity index (χ1) is 9.00. The Morgan fingerprint density at radius 1 is 0.789 bits per heavy atom. The summed E-state index contributed by atoms with van der Waals surface area (Å²) in [6.07, 6.45) is 0. The van der Waals surface area contributed by atoms with Crippen molar-refractivity contribution in [1.82, 2.24) is 14.7 Å². The third-order valence-corrected chi connectivity index (χ3v) is 3.41. The van der Waals surface area contributed by atoms with E-state index in [1.54, 1.807) is 18.7 Å². The van der Waals surface area contributed by atoms with Crippen LogP contribution in [0.2, 0.25) is 0 Å². The molecule has 2 fully saturated rings. The van der Waals surface area contributed by atoms with Crippen molar-refractivity contribution in [3.8, 4) is 0 Å². The van der Waals surface area contributed by atoms with Gasteiger partial charge in [0.15, 0.2) is 0 Å². The highest BCUT2D eigenvalue weighted by Crippen LogP contribution is 1.98. The number of morpholine rings is 1. The lowest BCUT2D eigenvalue weighted by Crippen LogP contribution is -2.46. The van der Waals surface area contributed by atoms with Crippen LogP contribution in [0.5, 0.6) is 0 Å². The molecular formula is C13H25N3O3. The molecule has 0 aromatic heterocycles. The van der Waals surface area contributed by atoms with Gasteiger partial charge in [0.1, 0.15) is 0 Å². The predicted molar refractivity (Wildman–Crippen MR) is 72.8 cm³/mol. The maximum atomic E-state index is 10.8. The van der Waals surface area contributed by atoms with Crippen molar-refractivity contribution >= 4 is 11.8 Å². The maximum Gasteiger partial charge on any atom is 0.219 e. The van der Waals surface area contributed by atoms with E-state index >= 15 is 0 Å². The van der Waals surface area contributed by atoms with E-state index in [9.17, 15) is 9.59 Å². The molecule has 6 heteroatoms. The molecule has 2 aliphatic heterocycles. The van der Waals surface area contributed by atoms with Crippen LogP contribution in [0.15, 0.2) is 0 Å². The van der Waals surface area contributed by atoms with Crippen LogP contribution in [-0.4, -0.2) is 86.0 Å². The Hall–Kier alpha value is -1.14. The summed E-state index contributed by atoms with van der Waals surface area (Å²) in [7, 11) is 2.08. The number of amides is 2. The van der Waals surface area contributed by atoms with E-state index < -0.39 is 0 Å². The quantitative estimate of drug-likeness (QED) is 0.604. The largest absolute Gasteiger partial charge is 0.378 e. The van der Waals surface area contributed by atoms with Gasteiger partial charge in [-0.25, -0.2) is 0 Å². The van der Waals surface area contributed by atoms with Crippen molar-refractivity contribution in [2.75, 3.05) is 59.5 Å². The summed E-state index contributed by atoms with van der Waals surface area (Å²) in [4.78, 5) is 27.4. The highest BCUT2D eigenvalue weighted by molar-refractivity contribution is 5.73. The van der Waals surface area contributed by atoms with Crippen LogP contribution in [0.25, 0.3) is 0 Å². The third-order valence-electron chi connectivity index (χ3n) is 3.41. The fourth-order valence-corrected chi connectivity index (χ4v) is 2.00. The summed E-state index contributed by atoms with van der Waals surface area (Å²) in [6, 6.07) is 0. The minimum absolute atomic E-state index is 0.151. The molecule has 2 heterocycles. The van der Waals surface area contributed by atoms with E-state index in [4.69, 9.17) is 4.74 Å². The van der Waals surface area contributed by atoms with Crippen LogP contribution in [0.4, 0.5) is 0 Å². The van der Waals surface area contributed by atoms with Gasteiger partial charge in [-0.15, -0.1) is 0 Å². The van der Waals surface area contributed by atoms with Gasteiger partial charge in [-0.1, -0.05) is 0 Å². The molecule has 2 rings (SSSR count). The van der Waals surface area contributed by atoms with Crippen LogP contribution < -0.4 is 0 Å². The van der Waals surface area contributed by atoms with Crippen LogP contribution in [0.3, 0.4) is 0 Å². The minimum atomic E-state index is 0.151. The normalized spacial score (nSPS) is 20.6. The zero-order chi connectivity index (χ0) is 14.3. The first kappa shape index (κ1) is 15.9. The molecule has 0 aromatic rings. The molecule has 110 valence electrons. The van der Waals surface area contributed by atoms with Crippen molar-refractivity contribution in [2.24, 2.45) is 0 Å². The minimum Gasteiger partial charge on any atom is -0.378 e. The summed E-state index contributed by atoms with van der Waals surface area (Å²) >= 11 is 0. The Bertz CT molecular complexity index is 296. The second kappa shape index (κ2) is 8.12. The fraction of sp³-hybridized carbons (Fsp3) is 0.846. The second-order valence-electron chi connectivity index (χ2n) is 4.93. The second-order valence-corrected chi connectivity index (χ2v) is 4.93. The van der Waals surface area contributed by atoms with Gasteiger partial charge in [-0.2, -0.15) is 0 Å². The van der Waals surface area contributed by atoms with E-state index in [0.717, 1.165) is 39.3 Å². The monoisotopic (exact) mass is 271 g/mol. The third kappa shape index (κ3) is 6.02. The maximum absolute atomic E-state index is 10.8. The zero-order valence-corrected chi connectivity index (χ0v) is 12.2. The van der Waals surface area contributed by atoms with E-state index in [2.05, 4.69) is 11.9 Å². The molecule has 0 bridgehead atoms. The molecule has 0 unspecified atom stereocenters. The summed E-state index contributed by atoms with van der Waals surface area (Å²) < 4.78 is 5.06. The van der Waals surface area contributed by atoms with Crippen molar-refractivity contribution in [3.63, 3.8) is 0 Å². The van der Waals surface area contributed by atoms with Gasteiger partial charge in [0, 0.05) is 53.1 Å². The Balaban J connectivity index is 0.000000191. The van der Waals surface area contributed by atoms with Crippen molar-refractivity contribution in [3.05, 3.63) is 0 Å². The average Bonchev–Trinajstić information content (AvgIpc) is 2.41. The number of hydrogen-bond acceptors (Lipinski definition) is 4. The Morgan fingerprint density at radius 3 is 1.58 bits per heavy atom. The van der Waals surface area contributed by atoms with Crippen LogP contribution in [0.1, 0.15) is 13.8 Å². The topological polar surface area (TPSA) is 53.1 Å². The van der Waals surface area contributed by atoms with Crippen molar-refractivity contribution in [1.29, 1.82) is 0 Å². The van der Waals surface area contributed by atoms with Gasteiger partial charge in [0.2, 0.25) is 11.8 Å². The standard InChI is InChI=1S/C7H14N2O.C6H11NO2/c1-7(10)9-5-3-8(2)4-6-9;1-6(8)7-2-4-9-5-3-7/h3-6H2,1-2H3;2-5H2,1H3. The van der Waals surface area contributed by atoms with E-state index in [-0.39, 0.29) is 11.8 Å². The van der Waals surface area contributed by atoms with E-state index in [1.807, 2.05) is 4.90 Å². The lowest BCUT2D eigenvalue weighted by molar-refractivity contribution is -0.133. The van der Waals surface area contributed by atoms with E-state index in [0.29, 0.717) is 13.2 Å². The molecule has 2 amide bonds. The lowest BCUT2D eigenvalue weighted by atomic mass is 10.3. The Labute approximate surface area is 115 Å². The van der Waals surface area contributed by atoms with Gasteiger partial charge < -0.3 is 19.4 Å². The number of hydrogen-bond donors (Lipinski definition) is 0. The number of piperazine rings is 1. The molecule has 0 aromatic carbocycles. The Morgan fingerprint density at radius 2 is 1.21 bits per heavy atom. The number of rotatable bonds is 0. The van der Waals surface area contributed by atoms with Crippen molar-refractivity contribution < 1.29 is 14.3 Å². The van der Waals surface area contributed by atoms with Gasteiger partial charge in [0.25, 0.3) is 0 Å². The molecule has 0 radical (unpaired) electrons. The first-order valence-electron chi connectivity index (χ1n) is 6.78. The molecule has 19 heavy (non-hydrogen) atoms. The molecule has 0 saturated carbocycles. The van der Waals surface area contributed by atoms with E-state index in [1.165, 1.54) is 0 Å². The Kier molecular flexibility index (Phi) is 6.80. The summed E-state index contributed by atoms with van der Waals surface area (Å²) in [6.45, 7) is 9.94. The number of nitrogens with zero attached hydrogens (tertiary/aromatic N) is 3. The molecule has 0 N–H and O–H groups in total. The average molecular weight is 271 g/mol. The van der Waals surface area contributed by atoms with Gasteiger partial charge in [-0.05, 0) is 7.05 Å². The molecule has 0 aliphatic carbocycles. The summed E-state index contributed by atoms with van der Waals surface area (Å²) in [5.41, 5.74) is 0. The molecule has 2 aliphatic rings. The molecular weight excluding hydrogens is 246 g/mol. The lowest BCUT2D eigenvalue weighted by Gasteiger charge is -2.31. The smallest absolute Gasteiger partial charge is 0.219 e. The summed E-state index contributed by atoms with van der Waals surface area (Å²) in [5.74, 6) is 0.353. The number of carbonyl (C=O) groups excluding carboxylic acids is 2. The molecule has 6 nitrogen and oxygen atoms in total. The number of ether oxygens (including phenoxy) is 1. The van der Waals surface area contributed by atoms with Gasteiger partial charge >= 0.3 is 0 Å². The highest BCUT2D eigenvalue weighted by Gasteiger charge is 2.14. The van der Waals surface area contributed by atoms with Crippen LogP contribution in [-0.2, 0) is 14.3 Å². The van der Waals surface area contributed by atoms with Crippen LogP contribution in [0, 0.1) is 0 Å². The van der Waals surface area contributed by atoms with Gasteiger partial charge in [0.05, 0.1) is 13.2 Å². The highest BCUT2D eigenvalue weighted by atomic mass is 16.5. The first-order valence-corrected chi connectivity index (χ1v) is 6.78. The predicted octanol–water partition coefficient (Wildman–Crippen LogP) is -0.355. The summed E-state index contributed by atoms with van der Waals surface area (Å²) in [5, 5.41) is 0. The number of carbonyl (C=O) groups is 2. The fourth-order valence-electron chi connectivity index (χ4n) is 2.00. The molecule has 2 saturated heterocycles. The van der Waals surface area contributed by atoms with Crippen LogP contribution >= 0.6 is 0 Å². The molecule has 0 atom stereocenters. The van der Waals surface area contributed by atoms with Crippen molar-refractivity contribution in [2.45, 2.75) is 13.8 Å². The SMILES string of the molecule is CC(=O)N1CCN(C)CC1.CC(=O)N1CCOCC1. The molecule has 0 spiro atoms. The van der Waals surface area contributed by atoms with Gasteiger partial charge in [-0.3, -0.25) is 9.59 Å².